The van der Waals surface area contributed by atoms with Crippen LogP contribution in [0.2, 0.25) is 5.02 Å². The molecule has 1 saturated heterocycles. The van der Waals surface area contributed by atoms with Crippen LogP contribution in [0, 0.1) is 0 Å². The molecular formula is C15H19ClN2O2. The fraction of sp³-hybridized carbons (Fsp3) is 0.533. The number of nitrogens with zero attached hydrogens (tertiary/aromatic N) is 2. The molecule has 2 aliphatic rings. The Morgan fingerprint density at radius 2 is 2.20 bits per heavy atom. The van der Waals surface area contributed by atoms with Crippen molar-refractivity contribution in [3.8, 4) is 0 Å². The summed E-state index contributed by atoms with van der Waals surface area (Å²) in [5.74, 6) is -0.796. The molecule has 0 bridgehead atoms. The summed E-state index contributed by atoms with van der Waals surface area (Å²) in [6.45, 7) is 2.07. The van der Waals surface area contributed by atoms with E-state index in [1.54, 1.807) is 0 Å². The van der Waals surface area contributed by atoms with Crippen LogP contribution >= 0.6 is 11.6 Å². The number of rotatable bonds is 5. The van der Waals surface area contributed by atoms with Gasteiger partial charge >= 0.3 is 5.97 Å². The molecule has 1 saturated carbocycles. The number of hydrogen-bond donors (Lipinski definition) is 1. The van der Waals surface area contributed by atoms with E-state index in [2.05, 4.69) is 4.90 Å². The first kappa shape index (κ1) is 13.7. The molecule has 1 aliphatic heterocycles. The van der Waals surface area contributed by atoms with E-state index in [1.165, 1.54) is 12.8 Å². The molecule has 2 fully saturated rings. The van der Waals surface area contributed by atoms with Crippen molar-refractivity contribution in [2.75, 3.05) is 24.5 Å². The van der Waals surface area contributed by atoms with Gasteiger partial charge in [-0.2, -0.15) is 0 Å². The molecule has 108 valence electrons. The smallest absolute Gasteiger partial charge is 0.323 e. The summed E-state index contributed by atoms with van der Waals surface area (Å²) >= 11 is 6.04. The maximum absolute atomic E-state index is 11.2. The zero-order chi connectivity index (χ0) is 14.1. The fourth-order valence-electron chi connectivity index (χ4n) is 3.03. The minimum absolute atomic E-state index is 0.0313. The van der Waals surface area contributed by atoms with Gasteiger partial charge in [-0.1, -0.05) is 17.7 Å². The Morgan fingerprint density at radius 1 is 1.40 bits per heavy atom. The molecule has 5 heteroatoms. The number of halogens is 1. The summed E-state index contributed by atoms with van der Waals surface area (Å²) in [7, 11) is 0. The summed E-state index contributed by atoms with van der Waals surface area (Å²) < 4.78 is 0. The predicted octanol–water partition coefficient (Wildman–Crippen LogP) is 2.47. The topological polar surface area (TPSA) is 43.8 Å². The van der Waals surface area contributed by atoms with Gasteiger partial charge < -0.3 is 10.0 Å². The molecule has 1 unspecified atom stereocenters. The fourth-order valence-corrected chi connectivity index (χ4v) is 3.21. The van der Waals surface area contributed by atoms with E-state index in [1.807, 2.05) is 29.2 Å². The number of hydrogen-bond acceptors (Lipinski definition) is 3. The van der Waals surface area contributed by atoms with Gasteiger partial charge in [0.15, 0.2) is 0 Å². The predicted molar refractivity (Wildman–Crippen MR) is 79.4 cm³/mol. The monoisotopic (exact) mass is 294 g/mol. The summed E-state index contributed by atoms with van der Waals surface area (Å²) in [5.41, 5.74) is 0.905. The van der Waals surface area contributed by atoms with Crippen LogP contribution in [0.1, 0.15) is 19.3 Å². The molecule has 0 amide bonds. The van der Waals surface area contributed by atoms with Gasteiger partial charge in [-0.05, 0) is 37.5 Å². The lowest BCUT2D eigenvalue weighted by Crippen LogP contribution is -2.41. The zero-order valence-electron chi connectivity index (χ0n) is 11.3. The summed E-state index contributed by atoms with van der Waals surface area (Å²) in [5, 5.41) is 9.82. The van der Waals surface area contributed by atoms with Crippen LogP contribution in [0.5, 0.6) is 0 Å². The van der Waals surface area contributed by atoms with Gasteiger partial charge in [0.1, 0.15) is 6.54 Å². The third-order valence-electron chi connectivity index (χ3n) is 4.14. The largest absolute Gasteiger partial charge is 0.480 e. The normalized spacial score (nSPS) is 22.9. The van der Waals surface area contributed by atoms with Crippen molar-refractivity contribution in [3.05, 3.63) is 29.3 Å². The number of aliphatic carboxylic acids is 1. The highest BCUT2D eigenvalue weighted by molar-refractivity contribution is 6.30. The average molecular weight is 295 g/mol. The van der Waals surface area contributed by atoms with Gasteiger partial charge in [0.2, 0.25) is 0 Å². The molecule has 0 spiro atoms. The van der Waals surface area contributed by atoms with Gasteiger partial charge in [0.25, 0.3) is 0 Å². The first-order chi connectivity index (χ1) is 9.63. The number of carboxylic acid groups (broad SMARTS) is 1. The van der Waals surface area contributed by atoms with Gasteiger partial charge in [0, 0.05) is 35.9 Å². The molecular weight excluding hydrogens is 276 g/mol. The Labute approximate surface area is 123 Å². The molecule has 0 radical (unpaired) electrons. The Hall–Kier alpha value is -1.26. The van der Waals surface area contributed by atoms with E-state index >= 15 is 0 Å². The summed E-state index contributed by atoms with van der Waals surface area (Å²) in [6, 6.07) is 8.49. The van der Waals surface area contributed by atoms with E-state index in [0.717, 1.165) is 31.2 Å². The van der Waals surface area contributed by atoms with Crippen molar-refractivity contribution in [2.24, 2.45) is 0 Å². The van der Waals surface area contributed by atoms with E-state index in [4.69, 9.17) is 11.6 Å². The maximum Gasteiger partial charge on any atom is 0.323 e. The minimum Gasteiger partial charge on any atom is -0.480 e. The van der Waals surface area contributed by atoms with Crippen molar-refractivity contribution in [1.82, 2.24) is 4.90 Å². The van der Waals surface area contributed by atoms with Gasteiger partial charge in [-0.3, -0.25) is 9.69 Å². The number of anilines is 1. The molecule has 1 atom stereocenters. The highest BCUT2D eigenvalue weighted by Crippen LogP contribution is 2.32. The third kappa shape index (κ3) is 3.07. The molecule has 1 aromatic rings. The van der Waals surface area contributed by atoms with Gasteiger partial charge in [-0.25, -0.2) is 0 Å². The van der Waals surface area contributed by atoms with Crippen molar-refractivity contribution in [2.45, 2.75) is 31.3 Å². The number of carboxylic acids is 1. The van der Waals surface area contributed by atoms with Crippen LogP contribution in [0.4, 0.5) is 5.69 Å². The maximum atomic E-state index is 11.2. The van der Waals surface area contributed by atoms with Crippen LogP contribution in [0.15, 0.2) is 24.3 Å². The Bertz CT molecular complexity index is 504. The lowest BCUT2D eigenvalue weighted by Gasteiger charge is -2.30. The second-order valence-corrected chi connectivity index (χ2v) is 6.11. The van der Waals surface area contributed by atoms with Gasteiger partial charge in [0.05, 0.1) is 0 Å². The summed E-state index contributed by atoms with van der Waals surface area (Å²) in [6.07, 6.45) is 3.61. The molecule has 20 heavy (non-hydrogen) atoms. The van der Waals surface area contributed by atoms with E-state index in [0.29, 0.717) is 5.02 Å². The third-order valence-corrected chi connectivity index (χ3v) is 4.38. The van der Waals surface area contributed by atoms with E-state index in [9.17, 15) is 9.90 Å². The van der Waals surface area contributed by atoms with Crippen LogP contribution in [0.3, 0.4) is 0 Å². The molecule has 1 heterocycles. The number of carbonyl (C=O) groups is 1. The summed E-state index contributed by atoms with van der Waals surface area (Å²) in [4.78, 5) is 15.6. The second kappa shape index (κ2) is 5.62. The first-order valence-electron chi connectivity index (χ1n) is 7.11. The van der Waals surface area contributed by atoms with Crippen LogP contribution in [-0.2, 0) is 4.79 Å². The molecule has 4 nitrogen and oxygen atoms in total. The SMILES string of the molecule is O=C(O)CN(c1cccc(Cl)c1)C1CCN(C2CC2)C1. The van der Waals surface area contributed by atoms with Crippen LogP contribution in [-0.4, -0.2) is 47.7 Å². The van der Waals surface area contributed by atoms with Crippen LogP contribution in [0.25, 0.3) is 0 Å². The highest BCUT2D eigenvalue weighted by atomic mass is 35.5. The second-order valence-electron chi connectivity index (χ2n) is 5.67. The average Bonchev–Trinajstić information content (AvgIpc) is 3.14. The van der Waals surface area contributed by atoms with Crippen molar-refractivity contribution < 1.29 is 9.90 Å². The lowest BCUT2D eigenvalue weighted by molar-refractivity contribution is -0.135. The van der Waals surface area contributed by atoms with E-state index < -0.39 is 5.97 Å². The first-order valence-corrected chi connectivity index (χ1v) is 7.49. The van der Waals surface area contributed by atoms with E-state index in [-0.39, 0.29) is 12.6 Å². The molecule has 1 N–H and O–H groups in total. The van der Waals surface area contributed by atoms with Crippen molar-refractivity contribution in [3.63, 3.8) is 0 Å². The number of benzene rings is 1. The molecule has 3 rings (SSSR count). The standard InChI is InChI=1S/C15H19ClN2O2/c16-11-2-1-3-13(8-11)18(10-15(19)20)14-6-7-17(9-14)12-4-5-12/h1-3,8,12,14H,4-7,9-10H2,(H,19,20). The Morgan fingerprint density at radius 3 is 2.85 bits per heavy atom. The molecule has 1 aliphatic carbocycles. The van der Waals surface area contributed by atoms with Gasteiger partial charge in [-0.15, -0.1) is 0 Å². The number of likely N-dealkylation sites (tertiary alicyclic amines) is 1. The quantitative estimate of drug-likeness (QED) is 0.906. The molecule has 1 aromatic carbocycles. The van der Waals surface area contributed by atoms with Crippen molar-refractivity contribution >= 4 is 23.3 Å². The van der Waals surface area contributed by atoms with Crippen LogP contribution < -0.4 is 4.90 Å². The zero-order valence-corrected chi connectivity index (χ0v) is 12.1. The molecule has 0 aromatic heterocycles. The minimum atomic E-state index is -0.796. The lowest BCUT2D eigenvalue weighted by atomic mass is 10.2. The Balaban J connectivity index is 1.77. The Kier molecular flexibility index (Phi) is 3.85. The highest BCUT2D eigenvalue weighted by Gasteiger charge is 2.36. The van der Waals surface area contributed by atoms with Crippen molar-refractivity contribution in [1.29, 1.82) is 0 Å².